The molecule has 2 amide bonds. The summed E-state index contributed by atoms with van der Waals surface area (Å²) in [6.45, 7) is 3.01. The maximum atomic E-state index is 13.8. The van der Waals surface area contributed by atoms with Gasteiger partial charge in [-0.15, -0.1) is 0 Å². The highest BCUT2D eigenvalue weighted by Crippen LogP contribution is 2.40. The highest BCUT2D eigenvalue weighted by Gasteiger charge is 2.36. The smallest absolute Gasteiger partial charge is 0.318 e. The molecule has 1 aromatic rings. The molecule has 1 aromatic carbocycles. The maximum absolute atomic E-state index is 13.8. The summed E-state index contributed by atoms with van der Waals surface area (Å²) in [5.41, 5.74) is 0.923. The molecule has 0 spiro atoms. The molecule has 1 saturated heterocycles. The fourth-order valence-corrected chi connectivity index (χ4v) is 3.17. The van der Waals surface area contributed by atoms with E-state index in [1.54, 1.807) is 24.0 Å². The Labute approximate surface area is 151 Å². The summed E-state index contributed by atoms with van der Waals surface area (Å²) < 4.78 is 12.0. The van der Waals surface area contributed by atoms with Gasteiger partial charge in [-0.3, -0.25) is 0 Å². The van der Waals surface area contributed by atoms with Crippen LogP contribution in [-0.4, -0.2) is 27.8 Å². The number of urea groups is 1. The summed E-state index contributed by atoms with van der Waals surface area (Å²) in [4.78, 5) is 14.2. The Hall–Kier alpha value is -0.710. The van der Waals surface area contributed by atoms with Gasteiger partial charge in [-0.05, 0) is 37.0 Å². The lowest BCUT2D eigenvalue weighted by Crippen LogP contribution is -2.45. The summed E-state index contributed by atoms with van der Waals surface area (Å²) in [6.07, 6.45) is 4.15. The zero-order valence-electron chi connectivity index (χ0n) is 12.9. The third-order valence-corrected chi connectivity index (χ3v) is 4.67. The van der Waals surface area contributed by atoms with Gasteiger partial charge in [0.25, 0.3) is 0 Å². The topological polar surface area (TPSA) is 32.3 Å². The van der Waals surface area contributed by atoms with Crippen LogP contribution in [0.2, 0.25) is 0 Å². The van der Waals surface area contributed by atoms with Crippen molar-refractivity contribution >= 4 is 40.8 Å². The molecular formula is C16H20Cl3FN2O. The number of carbonyl (C=O) groups is 1. The first-order valence-electron chi connectivity index (χ1n) is 7.67. The third kappa shape index (κ3) is 5.13. The number of rotatable bonds is 2. The average Bonchev–Trinajstić information content (AvgIpc) is 2.75. The molecule has 0 aliphatic carbocycles. The molecule has 1 heterocycles. The molecule has 1 fully saturated rings. The van der Waals surface area contributed by atoms with Crippen LogP contribution in [0.1, 0.15) is 42.9 Å². The van der Waals surface area contributed by atoms with Crippen molar-refractivity contribution in [3.8, 4) is 0 Å². The molecule has 3 nitrogen and oxygen atoms in total. The Morgan fingerprint density at radius 1 is 1.22 bits per heavy atom. The van der Waals surface area contributed by atoms with E-state index in [2.05, 4.69) is 5.32 Å². The van der Waals surface area contributed by atoms with E-state index in [0.29, 0.717) is 24.2 Å². The van der Waals surface area contributed by atoms with Crippen LogP contribution in [0.5, 0.6) is 0 Å². The second-order valence-corrected chi connectivity index (χ2v) is 8.20. The zero-order valence-corrected chi connectivity index (χ0v) is 15.2. The van der Waals surface area contributed by atoms with Crippen molar-refractivity contribution in [1.82, 2.24) is 10.2 Å². The summed E-state index contributed by atoms with van der Waals surface area (Å²) in [7, 11) is 0. The number of alkyl halides is 3. The fraction of sp³-hybridized carbons (Fsp3) is 0.562. The van der Waals surface area contributed by atoms with Crippen molar-refractivity contribution in [2.75, 3.05) is 13.1 Å². The van der Waals surface area contributed by atoms with Crippen LogP contribution in [0.3, 0.4) is 0 Å². The molecule has 128 valence electrons. The van der Waals surface area contributed by atoms with Crippen LogP contribution < -0.4 is 5.32 Å². The number of aryl methyl sites for hydroxylation is 1. The summed E-state index contributed by atoms with van der Waals surface area (Å²) in [6, 6.07) is 3.35. The molecule has 1 aliphatic rings. The molecule has 1 unspecified atom stereocenters. The first-order chi connectivity index (χ1) is 10.8. The molecule has 0 radical (unpaired) electrons. The van der Waals surface area contributed by atoms with E-state index in [1.807, 2.05) is 0 Å². The number of nitrogens with one attached hydrogen (secondary N) is 1. The van der Waals surface area contributed by atoms with Gasteiger partial charge in [0.15, 0.2) is 0 Å². The maximum Gasteiger partial charge on any atom is 0.318 e. The molecule has 0 bridgehead atoms. The Balaban J connectivity index is 2.18. The van der Waals surface area contributed by atoms with E-state index >= 15 is 0 Å². The quantitative estimate of drug-likeness (QED) is 0.708. The van der Waals surface area contributed by atoms with E-state index in [0.717, 1.165) is 25.7 Å². The number of halogens is 4. The number of amides is 2. The number of benzene rings is 1. The standard InChI is InChI=1S/C16H20Cl3FN2O/c1-11-6-7-12(10-13(11)20)14(16(17,18)19)21-15(23)22-8-4-2-3-5-9-22/h6-7,10,14H,2-5,8-9H2,1H3,(H,21,23). The van der Waals surface area contributed by atoms with Gasteiger partial charge >= 0.3 is 6.03 Å². The number of likely N-dealkylation sites (tertiary alicyclic amines) is 1. The summed E-state index contributed by atoms with van der Waals surface area (Å²) in [5.74, 6) is -0.397. The highest BCUT2D eigenvalue weighted by molar-refractivity contribution is 6.68. The predicted octanol–water partition coefficient (Wildman–Crippen LogP) is 5.13. The molecule has 1 atom stereocenters. The minimum atomic E-state index is -1.77. The van der Waals surface area contributed by atoms with E-state index < -0.39 is 15.7 Å². The van der Waals surface area contributed by atoms with Gasteiger partial charge in [0, 0.05) is 13.1 Å². The lowest BCUT2D eigenvalue weighted by atomic mass is 10.1. The average molecular weight is 382 g/mol. The van der Waals surface area contributed by atoms with Crippen molar-refractivity contribution < 1.29 is 9.18 Å². The Bertz CT molecular complexity index is 555. The first-order valence-corrected chi connectivity index (χ1v) is 8.80. The highest BCUT2D eigenvalue weighted by atomic mass is 35.6. The van der Waals surface area contributed by atoms with Crippen LogP contribution in [0.15, 0.2) is 18.2 Å². The third-order valence-electron chi connectivity index (χ3n) is 4.02. The lowest BCUT2D eigenvalue weighted by molar-refractivity contribution is 0.195. The molecule has 0 saturated carbocycles. The molecule has 1 aliphatic heterocycles. The van der Waals surface area contributed by atoms with E-state index in [-0.39, 0.29) is 6.03 Å². The van der Waals surface area contributed by atoms with E-state index in [1.165, 1.54) is 6.07 Å². The monoisotopic (exact) mass is 380 g/mol. The normalized spacial score (nSPS) is 17.5. The Morgan fingerprint density at radius 3 is 2.35 bits per heavy atom. The first kappa shape index (κ1) is 18.6. The van der Waals surface area contributed by atoms with Gasteiger partial charge < -0.3 is 10.2 Å². The SMILES string of the molecule is Cc1ccc(C(NC(=O)N2CCCCCC2)C(Cl)(Cl)Cl)cc1F. The minimum Gasteiger partial charge on any atom is -0.327 e. The van der Waals surface area contributed by atoms with Gasteiger partial charge in [0.2, 0.25) is 3.79 Å². The second-order valence-electron chi connectivity index (χ2n) is 5.83. The van der Waals surface area contributed by atoms with E-state index in [9.17, 15) is 9.18 Å². The fourth-order valence-electron chi connectivity index (χ4n) is 2.63. The van der Waals surface area contributed by atoms with Gasteiger partial charge in [-0.25, -0.2) is 9.18 Å². The van der Waals surface area contributed by atoms with Gasteiger partial charge in [-0.2, -0.15) is 0 Å². The van der Waals surface area contributed by atoms with Crippen LogP contribution in [0, 0.1) is 12.7 Å². The van der Waals surface area contributed by atoms with E-state index in [4.69, 9.17) is 34.8 Å². The largest absolute Gasteiger partial charge is 0.327 e. The summed E-state index contributed by atoms with van der Waals surface area (Å²) >= 11 is 18.0. The van der Waals surface area contributed by atoms with Crippen molar-refractivity contribution in [3.63, 3.8) is 0 Å². The van der Waals surface area contributed by atoms with Crippen molar-refractivity contribution in [2.45, 2.75) is 42.4 Å². The predicted molar refractivity (Wildman–Crippen MR) is 92.7 cm³/mol. The molecule has 23 heavy (non-hydrogen) atoms. The number of nitrogens with zero attached hydrogens (tertiary/aromatic N) is 1. The molecule has 0 aromatic heterocycles. The summed E-state index contributed by atoms with van der Waals surface area (Å²) in [5, 5.41) is 2.74. The molecule has 7 heteroatoms. The zero-order chi connectivity index (χ0) is 17.0. The van der Waals surface area contributed by atoms with Crippen LogP contribution in [0.4, 0.5) is 9.18 Å². The Morgan fingerprint density at radius 2 is 1.83 bits per heavy atom. The van der Waals surface area contributed by atoms with Gasteiger partial charge in [0.1, 0.15) is 11.9 Å². The van der Waals surface area contributed by atoms with Gasteiger partial charge in [0.05, 0.1) is 0 Å². The van der Waals surface area contributed by atoms with Crippen LogP contribution >= 0.6 is 34.8 Å². The van der Waals surface area contributed by atoms with Crippen molar-refractivity contribution in [2.24, 2.45) is 0 Å². The van der Waals surface area contributed by atoms with Crippen molar-refractivity contribution in [1.29, 1.82) is 0 Å². The lowest BCUT2D eigenvalue weighted by Gasteiger charge is -2.29. The van der Waals surface area contributed by atoms with Crippen LogP contribution in [-0.2, 0) is 0 Å². The molecule has 2 rings (SSSR count). The number of hydrogen-bond donors (Lipinski definition) is 1. The van der Waals surface area contributed by atoms with Gasteiger partial charge in [-0.1, -0.05) is 59.8 Å². The number of carbonyl (C=O) groups excluding carboxylic acids is 1. The Kier molecular flexibility index (Phi) is 6.40. The molecule has 1 N–H and O–H groups in total. The number of hydrogen-bond acceptors (Lipinski definition) is 1. The van der Waals surface area contributed by atoms with Crippen molar-refractivity contribution in [3.05, 3.63) is 35.1 Å². The second kappa shape index (κ2) is 7.91. The molecular weight excluding hydrogens is 362 g/mol. The van der Waals surface area contributed by atoms with Crippen LogP contribution in [0.25, 0.3) is 0 Å². The minimum absolute atomic E-state index is 0.288.